The van der Waals surface area contributed by atoms with Crippen LogP contribution in [0.5, 0.6) is 0 Å². The second-order valence-electron chi connectivity index (χ2n) is 4.73. The third kappa shape index (κ3) is 3.53. The Hall–Kier alpha value is 0.0900. The van der Waals surface area contributed by atoms with Crippen molar-refractivity contribution in [2.24, 2.45) is 5.73 Å². The summed E-state index contributed by atoms with van der Waals surface area (Å²) in [5.41, 5.74) is 5.60. The number of thioether (sulfide) groups is 2. The van der Waals surface area contributed by atoms with E-state index in [1.54, 1.807) is 11.8 Å². The molecule has 3 atom stereocenters. The number of carboxylic acid groups (broad SMARTS) is 1. The second-order valence-corrected chi connectivity index (χ2v) is 7.17. The number of hydrogen-bond acceptors (Lipinski definition) is 5. The van der Waals surface area contributed by atoms with Gasteiger partial charge in [-0.25, -0.2) is 0 Å². The average molecular weight is 277 g/mol. The number of aliphatic carboxylic acids is 1. The molecule has 98 valence electrons. The van der Waals surface area contributed by atoms with E-state index >= 15 is 0 Å². The second kappa shape index (κ2) is 5.82. The van der Waals surface area contributed by atoms with E-state index in [-0.39, 0.29) is 5.60 Å². The van der Waals surface area contributed by atoms with Crippen LogP contribution in [0.1, 0.15) is 19.3 Å². The van der Waals surface area contributed by atoms with Crippen molar-refractivity contribution in [3.05, 3.63) is 0 Å². The van der Waals surface area contributed by atoms with Crippen molar-refractivity contribution in [2.75, 3.05) is 23.9 Å². The molecule has 0 bridgehead atoms. The largest absolute Gasteiger partial charge is 0.480 e. The van der Waals surface area contributed by atoms with Gasteiger partial charge in [0.05, 0.1) is 5.60 Å². The number of nitrogens with two attached hydrogens (primary N) is 1. The maximum atomic E-state index is 10.7. The van der Waals surface area contributed by atoms with Gasteiger partial charge in [-0.3, -0.25) is 4.79 Å². The van der Waals surface area contributed by atoms with Crippen molar-refractivity contribution >= 4 is 29.5 Å². The standard InChI is InChI=1S/C11H19NO3S2/c12-9(10(13)14)6-17-8-1-3-15-11(5-8)2-4-16-7-11/h8-9H,1-7,12H2,(H,13,14)/t8?,9-,11?/m0/s1. The Kier molecular flexibility index (Phi) is 4.63. The van der Waals surface area contributed by atoms with E-state index in [2.05, 4.69) is 0 Å². The molecule has 2 heterocycles. The Balaban J connectivity index is 1.79. The lowest BCUT2D eigenvalue weighted by Crippen LogP contribution is -2.42. The van der Waals surface area contributed by atoms with Crippen molar-refractivity contribution in [1.82, 2.24) is 0 Å². The lowest BCUT2D eigenvalue weighted by atomic mass is 9.93. The SMILES string of the molecule is N[C@@H](CSC1CCOC2(CCSC2)C1)C(=O)O. The van der Waals surface area contributed by atoms with Gasteiger partial charge in [0.25, 0.3) is 0 Å². The van der Waals surface area contributed by atoms with E-state index in [0.717, 1.165) is 31.6 Å². The fraction of sp³-hybridized carbons (Fsp3) is 0.909. The normalized spacial score (nSPS) is 35.0. The smallest absolute Gasteiger partial charge is 0.321 e. The highest BCUT2D eigenvalue weighted by atomic mass is 32.2. The molecule has 0 amide bonds. The first-order valence-corrected chi connectivity index (χ1v) is 8.13. The van der Waals surface area contributed by atoms with Crippen molar-refractivity contribution in [2.45, 2.75) is 36.2 Å². The number of carboxylic acids is 1. The Morgan fingerprint density at radius 3 is 3.18 bits per heavy atom. The molecular formula is C11H19NO3S2. The molecule has 6 heteroatoms. The van der Waals surface area contributed by atoms with Crippen LogP contribution in [0.15, 0.2) is 0 Å². The molecule has 0 radical (unpaired) electrons. The number of hydrogen-bond donors (Lipinski definition) is 2. The summed E-state index contributed by atoms with van der Waals surface area (Å²) < 4.78 is 5.93. The van der Waals surface area contributed by atoms with Gasteiger partial charge in [-0.1, -0.05) is 0 Å². The Bertz CT molecular complexity index is 282. The molecule has 0 saturated carbocycles. The zero-order valence-corrected chi connectivity index (χ0v) is 11.4. The summed E-state index contributed by atoms with van der Waals surface area (Å²) in [5.74, 6) is 1.88. The van der Waals surface area contributed by atoms with Gasteiger partial charge in [0.1, 0.15) is 6.04 Å². The number of ether oxygens (including phenoxy) is 1. The zero-order valence-electron chi connectivity index (χ0n) is 9.76. The molecule has 2 fully saturated rings. The van der Waals surface area contributed by atoms with Gasteiger partial charge in [-0.15, -0.1) is 0 Å². The summed E-state index contributed by atoms with van der Waals surface area (Å²) in [7, 11) is 0. The fourth-order valence-corrected chi connectivity index (χ4v) is 4.98. The summed E-state index contributed by atoms with van der Waals surface area (Å²) in [5, 5.41) is 9.26. The Morgan fingerprint density at radius 1 is 1.71 bits per heavy atom. The molecule has 2 unspecified atom stereocenters. The average Bonchev–Trinajstić information content (AvgIpc) is 2.74. The fourth-order valence-electron chi connectivity index (χ4n) is 2.30. The van der Waals surface area contributed by atoms with E-state index in [1.165, 1.54) is 5.75 Å². The van der Waals surface area contributed by atoms with Gasteiger partial charge in [-0.2, -0.15) is 23.5 Å². The van der Waals surface area contributed by atoms with Crippen molar-refractivity contribution in [3.8, 4) is 0 Å². The van der Waals surface area contributed by atoms with Gasteiger partial charge in [0, 0.05) is 23.4 Å². The molecule has 2 aliphatic heterocycles. The zero-order chi connectivity index (χ0) is 12.3. The van der Waals surface area contributed by atoms with Gasteiger partial charge in [-0.05, 0) is 25.0 Å². The van der Waals surface area contributed by atoms with Crippen LogP contribution in [0.4, 0.5) is 0 Å². The molecule has 0 aromatic heterocycles. The summed E-state index contributed by atoms with van der Waals surface area (Å²) in [6.07, 6.45) is 3.21. The predicted molar refractivity (Wildman–Crippen MR) is 71.7 cm³/mol. The molecule has 0 aromatic carbocycles. The highest BCUT2D eigenvalue weighted by molar-refractivity contribution is 8.00. The van der Waals surface area contributed by atoms with E-state index in [9.17, 15) is 4.79 Å². The van der Waals surface area contributed by atoms with Crippen LogP contribution in [-0.2, 0) is 9.53 Å². The number of carbonyl (C=O) groups is 1. The molecule has 0 aromatic rings. The summed E-state index contributed by atoms with van der Waals surface area (Å²) in [6, 6.07) is -0.739. The minimum absolute atomic E-state index is 0.0773. The van der Waals surface area contributed by atoms with Gasteiger partial charge >= 0.3 is 5.97 Å². The first-order chi connectivity index (χ1) is 8.11. The third-order valence-electron chi connectivity index (χ3n) is 3.34. The Morgan fingerprint density at radius 2 is 2.53 bits per heavy atom. The van der Waals surface area contributed by atoms with Crippen LogP contribution in [0.25, 0.3) is 0 Å². The molecule has 2 saturated heterocycles. The lowest BCUT2D eigenvalue weighted by molar-refractivity contribution is -0.137. The van der Waals surface area contributed by atoms with E-state index in [4.69, 9.17) is 15.6 Å². The van der Waals surface area contributed by atoms with Crippen LogP contribution in [0.2, 0.25) is 0 Å². The first-order valence-electron chi connectivity index (χ1n) is 5.93. The van der Waals surface area contributed by atoms with Crippen molar-refractivity contribution in [1.29, 1.82) is 0 Å². The first kappa shape index (κ1) is 13.5. The van der Waals surface area contributed by atoms with Crippen LogP contribution >= 0.6 is 23.5 Å². The molecule has 1 spiro atoms. The molecule has 3 N–H and O–H groups in total. The van der Waals surface area contributed by atoms with E-state index < -0.39 is 12.0 Å². The minimum atomic E-state index is -0.907. The van der Waals surface area contributed by atoms with E-state index in [1.807, 2.05) is 11.8 Å². The molecule has 0 aliphatic carbocycles. The lowest BCUT2D eigenvalue weighted by Gasteiger charge is -2.37. The summed E-state index contributed by atoms with van der Waals surface area (Å²) in [6.45, 7) is 0.806. The highest BCUT2D eigenvalue weighted by Crippen LogP contribution is 2.41. The van der Waals surface area contributed by atoms with Crippen molar-refractivity contribution < 1.29 is 14.6 Å². The maximum absolute atomic E-state index is 10.7. The molecule has 2 rings (SSSR count). The monoisotopic (exact) mass is 277 g/mol. The summed E-state index contributed by atoms with van der Waals surface area (Å²) >= 11 is 3.66. The third-order valence-corrected chi connectivity index (χ3v) is 5.99. The molecule has 4 nitrogen and oxygen atoms in total. The molecule has 2 aliphatic rings. The Labute approximate surface area is 110 Å². The molecular weight excluding hydrogens is 258 g/mol. The van der Waals surface area contributed by atoms with Crippen LogP contribution in [0, 0.1) is 0 Å². The van der Waals surface area contributed by atoms with Crippen LogP contribution in [-0.4, -0.2) is 51.8 Å². The topological polar surface area (TPSA) is 72.5 Å². The van der Waals surface area contributed by atoms with Gasteiger partial charge < -0.3 is 15.6 Å². The van der Waals surface area contributed by atoms with E-state index in [0.29, 0.717) is 11.0 Å². The summed E-state index contributed by atoms with van der Waals surface area (Å²) in [4.78, 5) is 10.7. The minimum Gasteiger partial charge on any atom is -0.480 e. The quantitative estimate of drug-likeness (QED) is 0.804. The van der Waals surface area contributed by atoms with Gasteiger partial charge in [0.15, 0.2) is 0 Å². The maximum Gasteiger partial charge on any atom is 0.321 e. The predicted octanol–water partition coefficient (Wildman–Crippen LogP) is 1.19. The van der Waals surface area contributed by atoms with Crippen LogP contribution < -0.4 is 5.73 Å². The molecule has 17 heavy (non-hydrogen) atoms. The van der Waals surface area contributed by atoms with Crippen molar-refractivity contribution in [3.63, 3.8) is 0 Å². The van der Waals surface area contributed by atoms with Crippen LogP contribution in [0.3, 0.4) is 0 Å². The number of rotatable bonds is 4. The van der Waals surface area contributed by atoms with Gasteiger partial charge in [0.2, 0.25) is 0 Å². The highest BCUT2D eigenvalue weighted by Gasteiger charge is 2.40.